The molecule has 0 radical (unpaired) electrons. The van der Waals surface area contributed by atoms with Gasteiger partial charge in [-0.15, -0.1) is 0 Å². The van der Waals surface area contributed by atoms with Crippen molar-refractivity contribution in [1.82, 2.24) is 5.32 Å². The molecular formula is C8H13F2N. The van der Waals surface area contributed by atoms with E-state index < -0.39 is 5.92 Å². The fraction of sp³-hybridized carbons (Fsp3) is 1.00. The fourth-order valence-electron chi connectivity index (χ4n) is 2.50. The van der Waals surface area contributed by atoms with Crippen molar-refractivity contribution >= 4 is 0 Å². The minimum Gasteiger partial charge on any atom is -0.314 e. The van der Waals surface area contributed by atoms with Crippen LogP contribution in [0.15, 0.2) is 0 Å². The van der Waals surface area contributed by atoms with Crippen molar-refractivity contribution < 1.29 is 8.78 Å². The summed E-state index contributed by atoms with van der Waals surface area (Å²) in [6.07, 6.45) is 1.15. The van der Waals surface area contributed by atoms with Gasteiger partial charge in [0.25, 0.3) is 0 Å². The lowest BCUT2D eigenvalue weighted by Crippen LogP contribution is -2.47. The first-order valence-electron chi connectivity index (χ1n) is 4.13. The molecule has 1 N–H and O–H groups in total. The fourth-order valence-corrected chi connectivity index (χ4v) is 2.50. The molecule has 1 nitrogen and oxygen atoms in total. The lowest BCUT2D eigenvalue weighted by atomic mass is 9.65. The molecule has 2 rings (SSSR count). The van der Waals surface area contributed by atoms with Gasteiger partial charge in [0.2, 0.25) is 5.92 Å². The largest absolute Gasteiger partial charge is 0.314 e. The highest BCUT2D eigenvalue weighted by molar-refractivity contribution is 5.05. The predicted molar refractivity (Wildman–Crippen MR) is 38.7 cm³/mol. The Morgan fingerprint density at radius 2 is 2.00 bits per heavy atom. The molecule has 1 unspecified atom stereocenters. The van der Waals surface area contributed by atoms with Crippen LogP contribution < -0.4 is 5.32 Å². The second kappa shape index (κ2) is 1.94. The van der Waals surface area contributed by atoms with Crippen LogP contribution in [0.4, 0.5) is 8.78 Å². The van der Waals surface area contributed by atoms with Gasteiger partial charge in [-0.2, -0.15) is 0 Å². The highest BCUT2D eigenvalue weighted by atomic mass is 19.3. The summed E-state index contributed by atoms with van der Waals surface area (Å²) < 4.78 is 25.1. The Morgan fingerprint density at radius 1 is 1.36 bits per heavy atom. The van der Waals surface area contributed by atoms with Crippen molar-refractivity contribution in [2.75, 3.05) is 6.54 Å². The Balaban J connectivity index is 1.97. The van der Waals surface area contributed by atoms with E-state index >= 15 is 0 Å². The second-order valence-corrected chi connectivity index (χ2v) is 4.20. The summed E-state index contributed by atoms with van der Waals surface area (Å²) in [6, 6.07) is 0.436. The molecule has 1 atom stereocenters. The van der Waals surface area contributed by atoms with Gasteiger partial charge in [0.15, 0.2) is 0 Å². The van der Waals surface area contributed by atoms with Gasteiger partial charge >= 0.3 is 0 Å². The smallest absolute Gasteiger partial charge is 0.249 e. The summed E-state index contributed by atoms with van der Waals surface area (Å²) in [5.74, 6) is -2.36. The van der Waals surface area contributed by atoms with E-state index in [0.717, 1.165) is 13.0 Å². The van der Waals surface area contributed by atoms with E-state index in [2.05, 4.69) is 12.2 Å². The zero-order valence-electron chi connectivity index (χ0n) is 6.66. The molecule has 2 fully saturated rings. The van der Waals surface area contributed by atoms with Crippen molar-refractivity contribution in [3.05, 3.63) is 0 Å². The monoisotopic (exact) mass is 161 g/mol. The Hall–Kier alpha value is -0.180. The maximum atomic E-state index is 12.5. The summed E-state index contributed by atoms with van der Waals surface area (Å²) in [7, 11) is 0. The normalized spacial score (nSPS) is 39.0. The van der Waals surface area contributed by atoms with Crippen LogP contribution in [0.5, 0.6) is 0 Å². The molecule has 0 aromatic carbocycles. The summed E-state index contributed by atoms with van der Waals surface area (Å²) >= 11 is 0. The molecule has 0 amide bonds. The number of alkyl halides is 2. The molecule has 3 heteroatoms. The zero-order chi connectivity index (χ0) is 8.11. The van der Waals surface area contributed by atoms with Gasteiger partial charge in [-0.25, -0.2) is 8.78 Å². The Labute approximate surface area is 65.2 Å². The van der Waals surface area contributed by atoms with Gasteiger partial charge in [-0.1, -0.05) is 0 Å². The van der Waals surface area contributed by atoms with Gasteiger partial charge in [-0.3, -0.25) is 0 Å². The molecular weight excluding hydrogens is 148 g/mol. The van der Waals surface area contributed by atoms with Gasteiger partial charge in [0, 0.05) is 25.4 Å². The van der Waals surface area contributed by atoms with Gasteiger partial charge in [0.1, 0.15) is 0 Å². The van der Waals surface area contributed by atoms with Crippen molar-refractivity contribution in [3.8, 4) is 0 Å². The van der Waals surface area contributed by atoms with Gasteiger partial charge < -0.3 is 5.32 Å². The Bertz CT molecular complexity index is 171. The highest BCUT2D eigenvalue weighted by Crippen LogP contribution is 2.55. The van der Waals surface area contributed by atoms with E-state index in [-0.39, 0.29) is 18.3 Å². The predicted octanol–water partition coefficient (Wildman–Crippen LogP) is 1.78. The van der Waals surface area contributed by atoms with E-state index in [1.165, 1.54) is 0 Å². The molecule has 0 aromatic heterocycles. The second-order valence-electron chi connectivity index (χ2n) is 4.20. The number of halogens is 2. The van der Waals surface area contributed by atoms with E-state index in [4.69, 9.17) is 0 Å². The van der Waals surface area contributed by atoms with Crippen LogP contribution >= 0.6 is 0 Å². The summed E-state index contributed by atoms with van der Waals surface area (Å²) in [5, 5.41) is 3.22. The lowest BCUT2D eigenvalue weighted by Gasteiger charge is -2.44. The average Bonchev–Trinajstić information content (AvgIpc) is 2.08. The Kier molecular flexibility index (Phi) is 1.32. The SMILES string of the molecule is CC1CC2(CN1)CC(F)(F)C2. The average molecular weight is 161 g/mol. The third-order valence-electron chi connectivity index (χ3n) is 2.83. The van der Waals surface area contributed by atoms with Crippen LogP contribution in [0, 0.1) is 5.41 Å². The van der Waals surface area contributed by atoms with E-state index in [1.54, 1.807) is 0 Å². The van der Waals surface area contributed by atoms with Crippen LogP contribution in [-0.2, 0) is 0 Å². The minimum absolute atomic E-state index is 0.0388. The molecule has 11 heavy (non-hydrogen) atoms. The van der Waals surface area contributed by atoms with Crippen molar-refractivity contribution in [3.63, 3.8) is 0 Å². The molecule has 1 aliphatic carbocycles. The minimum atomic E-state index is -2.36. The van der Waals surface area contributed by atoms with Crippen molar-refractivity contribution in [1.29, 1.82) is 0 Å². The molecule has 1 heterocycles. The number of rotatable bonds is 0. The molecule has 1 spiro atoms. The summed E-state index contributed by atoms with van der Waals surface area (Å²) in [4.78, 5) is 0. The topological polar surface area (TPSA) is 12.0 Å². The Morgan fingerprint density at radius 3 is 2.36 bits per heavy atom. The number of nitrogens with one attached hydrogen (secondary N) is 1. The first-order valence-corrected chi connectivity index (χ1v) is 4.13. The van der Waals surface area contributed by atoms with Crippen molar-refractivity contribution in [2.24, 2.45) is 5.41 Å². The standard InChI is InChI=1S/C8H13F2N/c1-6-2-7(5-11-6)3-8(9,10)4-7/h6,11H,2-5H2,1H3. The van der Waals surface area contributed by atoms with Crippen LogP contribution in [0.25, 0.3) is 0 Å². The molecule has 2 aliphatic rings. The first-order chi connectivity index (χ1) is 5.02. The van der Waals surface area contributed by atoms with Gasteiger partial charge in [-0.05, 0) is 18.8 Å². The molecule has 1 saturated heterocycles. The lowest BCUT2D eigenvalue weighted by molar-refractivity contribution is -0.153. The molecule has 64 valence electrons. The van der Waals surface area contributed by atoms with Crippen molar-refractivity contribution in [2.45, 2.75) is 38.2 Å². The van der Waals surface area contributed by atoms with E-state index in [0.29, 0.717) is 6.04 Å². The maximum Gasteiger partial charge on any atom is 0.249 e. The van der Waals surface area contributed by atoms with Crippen LogP contribution in [-0.4, -0.2) is 18.5 Å². The maximum absolute atomic E-state index is 12.5. The molecule has 1 saturated carbocycles. The summed E-state index contributed by atoms with van der Waals surface area (Å²) in [5.41, 5.74) is -0.0388. The van der Waals surface area contributed by atoms with Crippen LogP contribution in [0.2, 0.25) is 0 Å². The van der Waals surface area contributed by atoms with Crippen LogP contribution in [0.1, 0.15) is 26.2 Å². The molecule has 0 aromatic rings. The third kappa shape index (κ3) is 1.15. The first kappa shape index (κ1) is 7.47. The van der Waals surface area contributed by atoms with Gasteiger partial charge in [0.05, 0.1) is 0 Å². The third-order valence-corrected chi connectivity index (χ3v) is 2.83. The zero-order valence-corrected chi connectivity index (χ0v) is 6.66. The molecule has 0 bridgehead atoms. The highest BCUT2D eigenvalue weighted by Gasteiger charge is 2.58. The number of hydrogen-bond donors (Lipinski definition) is 1. The molecule has 1 aliphatic heterocycles. The quantitative estimate of drug-likeness (QED) is 0.571. The summed E-state index contributed by atoms with van der Waals surface area (Å²) in [6.45, 7) is 2.86. The van der Waals surface area contributed by atoms with E-state index in [9.17, 15) is 8.78 Å². The van der Waals surface area contributed by atoms with E-state index in [1.807, 2.05) is 0 Å². The van der Waals surface area contributed by atoms with Crippen LogP contribution in [0.3, 0.4) is 0 Å². The number of hydrogen-bond acceptors (Lipinski definition) is 1.